The monoisotopic (exact) mass is 694 g/mol. The number of carbonyl (C=O) groups is 4. The molecule has 2 aliphatic heterocycles. The number of hydrogen-bond acceptors (Lipinski definition) is 4. The van der Waals surface area contributed by atoms with Crippen molar-refractivity contribution in [2.45, 2.75) is 119 Å². The lowest BCUT2D eigenvalue weighted by atomic mass is 9.80. The van der Waals surface area contributed by atoms with E-state index in [-0.39, 0.29) is 23.5 Å². The predicted octanol–water partition coefficient (Wildman–Crippen LogP) is 10.9. The molecule has 0 aromatic heterocycles. The fourth-order valence-corrected chi connectivity index (χ4v) is 8.98. The van der Waals surface area contributed by atoms with Gasteiger partial charge in [0.2, 0.25) is 5.78 Å². The summed E-state index contributed by atoms with van der Waals surface area (Å²) in [5.74, 6) is -0.877. The number of imide groups is 1. The molecule has 0 N–H and O–H groups in total. The molecule has 0 fully saturated rings. The number of amides is 3. The van der Waals surface area contributed by atoms with Crippen LogP contribution in [0.2, 0.25) is 0 Å². The normalized spacial score (nSPS) is 14.2. The number of unbranched alkanes of at least 4 members (excludes halogenated alkanes) is 4. The molecule has 0 aliphatic carbocycles. The molecule has 0 saturated carbocycles. The molecule has 6 heteroatoms. The number of aryl methyl sites for hydroxylation is 6. The lowest BCUT2D eigenvalue weighted by Gasteiger charge is -2.23. The molecule has 0 spiro atoms. The number of carbonyl (C=O) groups excluding carboxylic acids is 4. The third-order valence-electron chi connectivity index (χ3n) is 11.9. The van der Waals surface area contributed by atoms with Crippen molar-refractivity contribution >= 4 is 72.8 Å². The van der Waals surface area contributed by atoms with E-state index in [0.717, 1.165) is 141 Å². The summed E-state index contributed by atoms with van der Waals surface area (Å²) in [4.78, 5) is 59.9. The largest absolute Gasteiger partial charge is 0.288 e. The van der Waals surface area contributed by atoms with Crippen LogP contribution in [0.15, 0.2) is 29.3 Å². The van der Waals surface area contributed by atoms with E-state index in [1.165, 1.54) is 11.1 Å². The number of ketones is 1. The lowest BCUT2D eigenvalue weighted by molar-refractivity contribution is 0.0692. The number of aliphatic imine (C=N–C) groups is 1. The van der Waals surface area contributed by atoms with Crippen molar-refractivity contribution < 1.29 is 19.2 Å². The third-order valence-corrected chi connectivity index (χ3v) is 11.9. The number of nitrogens with zero attached hydrogens (tertiary/aromatic N) is 2. The van der Waals surface area contributed by atoms with Gasteiger partial charge in [0.05, 0.1) is 22.9 Å². The molecule has 0 bridgehead atoms. The van der Waals surface area contributed by atoms with Crippen LogP contribution in [0.25, 0.3) is 43.1 Å². The molecular weight excluding hydrogens is 645 g/mol. The Morgan fingerprint density at radius 1 is 0.481 bits per heavy atom. The molecule has 5 aromatic rings. The molecule has 52 heavy (non-hydrogen) atoms. The fraction of sp³-hybridized carbons (Fsp3) is 0.413. The van der Waals surface area contributed by atoms with Gasteiger partial charge in [-0.15, -0.1) is 0 Å². The van der Waals surface area contributed by atoms with Gasteiger partial charge >= 0.3 is 0 Å². The van der Waals surface area contributed by atoms with Crippen molar-refractivity contribution in [2.24, 2.45) is 4.99 Å². The van der Waals surface area contributed by atoms with Crippen LogP contribution in [0.4, 0.5) is 0 Å². The van der Waals surface area contributed by atoms with Crippen LogP contribution in [-0.2, 0) is 25.7 Å². The van der Waals surface area contributed by atoms with Gasteiger partial charge in [0.1, 0.15) is 0 Å². The maximum Gasteiger partial charge on any atom is 0.278 e. The molecule has 6 nitrogen and oxygen atoms in total. The second kappa shape index (κ2) is 14.0. The molecule has 2 aliphatic rings. The van der Waals surface area contributed by atoms with Crippen LogP contribution >= 0.6 is 0 Å². The summed E-state index contributed by atoms with van der Waals surface area (Å²) in [5.41, 5.74) is 8.42. The zero-order chi connectivity index (χ0) is 37.0. The van der Waals surface area contributed by atoms with Gasteiger partial charge in [0, 0.05) is 12.6 Å². The maximum atomic E-state index is 13.7. The van der Waals surface area contributed by atoms with E-state index in [1.54, 1.807) is 7.05 Å². The predicted molar refractivity (Wildman–Crippen MR) is 214 cm³/mol. The lowest BCUT2D eigenvalue weighted by Crippen LogP contribution is -2.24. The Labute approximate surface area is 306 Å². The molecule has 0 saturated heterocycles. The summed E-state index contributed by atoms with van der Waals surface area (Å²) in [6, 6.07) is 9.15. The van der Waals surface area contributed by atoms with Crippen molar-refractivity contribution in [1.29, 1.82) is 0 Å². The van der Waals surface area contributed by atoms with Crippen LogP contribution < -0.4 is 0 Å². The first kappa shape index (κ1) is 35.7. The first-order valence-electron chi connectivity index (χ1n) is 19.5. The van der Waals surface area contributed by atoms with E-state index >= 15 is 0 Å². The molecular formula is C46H50N2O4. The number of benzene rings is 5. The Hall–Kier alpha value is -4.71. The summed E-state index contributed by atoms with van der Waals surface area (Å²) < 4.78 is 0. The summed E-state index contributed by atoms with van der Waals surface area (Å²) in [6.07, 6.45) is 11.7. The average molecular weight is 695 g/mol. The van der Waals surface area contributed by atoms with E-state index < -0.39 is 0 Å². The van der Waals surface area contributed by atoms with Crippen LogP contribution in [0.3, 0.4) is 0 Å². The second-order valence-electron chi connectivity index (χ2n) is 15.1. The molecule has 0 radical (unpaired) electrons. The van der Waals surface area contributed by atoms with Gasteiger partial charge in [-0.05, 0) is 166 Å². The van der Waals surface area contributed by atoms with Gasteiger partial charge in [-0.25, -0.2) is 4.99 Å². The highest BCUT2D eigenvalue weighted by molar-refractivity contribution is 6.43. The molecule has 3 amide bonds. The van der Waals surface area contributed by atoms with E-state index in [0.29, 0.717) is 35.1 Å². The van der Waals surface area contributed by atoms with E-state index in [4.69, 9.17) is 0 Å². The summed E-state index contributed by atoms with van der Waals surface area (Å²) in [6.45, 7) is 13.0. The van der Waals surface area contributed by atoms with Crippen LogP contribution in [0.5, 0.6) is 0 Å². The number of fused-ring (bicyclic) bond motifs is 6. The standard InChI is InChI=1S/C46H50N2O4/c1-8-12-16-27-35-20-31-25(5)33-22-37-29(18-14-10-3)42-43(46(52)48(7)45(42)51)30(19-15-11-4)38(37)23-34(33)26(6)32(31)21-36(35)28(17-13-9-2)41-40(27)39(49)24-47-44(41)50/h20-24H,8-19H2,1-7H3. The van der Waals surface area contributed by atoms with Crippen LogP contribution in [-0.4, -0.2) is 41.7 Å². The smallest absolute Gasteiger partial charge is 0.278 e. The second-order valence-corrected chi connectivity index (χ2v) is 15.1. The summed E-state index contributed by atoms with van der Waals surface area (Å²) in [5, 5.41) is 8.78. The molecule has 268 valence electrons. The van der Waals surface area contributed by atoms with Crippen molar-refractivity contribution in [3.8, 4) is 0 Å². The SMILES string of the molecule is CCCCc1c2c(c(CCCC)c3cc4c(C)c5cc6c(CCCC)c7c(c(CCCC)c6cc5c(C)c4cc13)C(=O)N(C)C7=O)C(=O)N=CC2=O. The highest BCUT2D eigenvalue weighted by Crippen LogP contribution is 2.44. The van der Waals surface area contributed by atoms with Crippen LogP contribution in [0, 0.1) is 13.8 Å². The molecule has 0 unspecified atom stereocenters. The van der Waals surface area contributed by atoms with E-state index in [2.05, 4.69) is 70.8 Å². The minimum Gasteiger partial charge on any atom is -0.288 e. The van der Waals surface area contributed by atoms with E-state index in [9.17, 15) is 19.2 Å². The minimum atomic E-state index is -0.317. The zero-order valence-electron chi connectivity index (χ0n) is 31.9. The van der Waals surface area contributed by atoms with Crippen molar-refractivity contribution in [3.05, 3.63) is 79.9 Å². The van der Waals surface area contributed by atoms with Gasteiger partial charge < -0.3 is 0 Å². The fourth-order valence-electron chi connectivity index (χ4n) is 8.98. The highest BCUT2D eigenvalue weighted by Gasteiger charge is 2.39. The Kier molecular flexibility index (Phi) is 9.62. The van der Waals surface area contributed by atoms with Gasteiger partial charge in [-0.2, -0.15) is 0 Å². The zero-order valence-corrected chi connectivity index (χ0v) is 31.9. The molecule has 7 rings (SSSR count). The van der Waals surface area contributed by atoms with Gasteiger partial charge in [-0.1, -0.05) is 53.4 Å². The number of hydrogen-bond donors (Lipinski definition) is 0. The number of rotatable bonds is 12. The summed E-state index contributed by atoms with van der Waals surface area (Å²) in [7, 11) is 1.61. The molecule has 5 aromatic carbocycles. The minimum absolute atomic E-state index is 0.178. The Balaban J connectivity index is 1.63. The van der Waals surface area contributed by atoms with Crippen LogP contribution in [0.1, 0.15) is 154 Å². The van der Waals surface area contributed by atoms with Crippen molar-refractivity contribution in [1.82, 2.24) is 4.90 Å². The van der Waals surface area contributed by atoms with E-state index in [1.807, 2.05) is 0 Å². The van der Waals surface area contributed by atoms with Gasteiger partial charge in [-0.3, -0.25) is 24.1 Å². The topological polar surface area (TPSA) is 83.9 Å². The number of Topliss-reactive ketones (excluding diaryl/α,β-unsaturated/α-hetero) is 1. The van der Waals surface area contributed by atoms with Crippen molar-refractivity contribution in [3.63, 3.8) is 0 Å². The highest BCUT2D eigenvalue weighted by atomic mass is 16.2. The quantitative estimate of drug-likeness (QED) is 0.0961. The first-order valence-corrected chi connectivity index (χ1v) is 19.5. The van der Waals surface area contributed by atoms with Gasteiger partial charge in [0.25, 0.3) is 17.7 Å². The average Bonchev–Trinajstić information content (AvgIpc) is 3.37. The maximum absolute atomic E-state index is 13.7. The summed E-state index contributed by atoms with van der Waals surface area (Å²) >= 11 is 0. The van der Waals surface area contributed by atoms with Crippen molar-refractivity contribution in [2.75, 3.05) is 7.05 Å². The molecule has 0 atom stereocenters. The Morgan fingerprint density at radius 2 is 0.808 bits per heavy atom. The Bertz CT molecular complexity index is 2250. The molecule has 2 heterocycles. The Morgan fingerprint density at radius 3 is 1.15 bits per heavy atom. The third kappa shape index (κ3) is 5.40. The van der Waals surface area contributed by atoms with Gasteiger partial charge in [0.15, 0.2) is 0 Å². The first-order chi connectivity index (χ1) is 25.1.